The van der Waals surface area contributed by atoms with Crippen molar-refractivity contribution in [2.75, 3.05) is 19.8 Å². The predicted molar refractivity (Wildman–Crippen MR) is 72.2 cm³/mol. The van der Waals surface area contributed by atoms with Crippen LogP contribution in [0, 0.1) is 0 Å². The lowest BCUT2D eigenvalue weighted by molar-refractivity contribution is 0.0721. The zero-order valence-electron chi connectivity index (χ0n) is 10.9. The molecule has 0 aliphatic carbocycles. The molecule has 104 valence electrons. The molecule has 0 unspecified atom stereocenters. The fraction of sp³-hybridized carbons (Fsp3) is 0.357. The maximum absolute atomic E-state index is 12.1. The first-order valence-electron chi connectivity index (χ1n) is 5.93. The molecular formula is C14H19NO4. The number of nitrogens with one attached hydrogen (secondary N) is 1. The highest BCUT2D eigenvalue weighted by atomic mass is 16.5. The van der Waals surface area contributed by atoms with E-state index >= 15 is 0 Å². The summed E-state index contributed by atoms with van der Waals surface area (Å²) in [7, 11) is 0. The third-order valence-corrected chi connectivity index (χ3v) is 2.60. The SMILES string of the molecule is C=CCOc1ccccc1C(=O)NC(C)(CO)CO. The molecule has 0 aliphatic heterocycles. The van der Waals surface area contributed by atoms with Gasteiger partial charge in [0.05, 0.1) is 24.3 Å². The first-order valence-corrected chi connectivity index (χ1v) is 5.93. The van der Waals surface area contributed by atoms with E-state index in [-0.39, 0.29) is 13.2 Å². The van der Waals surface area contributed by atoms with Gasteiger partial charge in [0.25, 0.3) is 5.91 Å². The van der Waals surface area contributed by atoms with Crippen LogP contribution in [0.5, 0.6) is 5.75 Å². The number of benzene rings is 1. The molecule has 1 rings (SSSR count). The van der Waals surface area contributed by atoms with Crippen LogP contribution in [-0.4, -0.2) is 41.5 Å². The van der Waals surface area contributed by atoms with Gasteiger partial charge in [0.1, 0.15) is 12.4 Å². The fourth-order valence-corrected chi connectivity index (χ4v) is 1.40. The molecule has 0 spiro atoms. The van der Waals surface area contributed by atoms with Crippen LogP contribution in [0.1, 0.15) is 17.3 Å². The van der Waals surface area contributed by atoms with Gasteiger partial charge in [-0.25, -0.2) is 0 Å². The van der Waals surface area contributed by atoms with Crippen molar-refractivity contribution in [1.29, 1.82) is 0 Å². The maximum atomic E-state index is 12.1. The molecule has 1 aromatic carbocycles. The van der Waals surface area contributed by atoms with Crippen molar-refractivity contribution in [2.45, 2.75) is 12.5 Å². The van der Waals surface area contributed by atoms with E-state index in [4.69, 9.17) is 4.74 Å². The molecule has 0 radical (unpaired) electrons. The van der Waals surface area contributed by atoms with E-state index < -0.39 is 11.4 Å². The molecule has 3 N–H and O–H groups in total. The zero-order chi connectivity index (χ0) is 14.3. The van der Waals surface area contributed by atoms with Crippen LogP contribution < -0.4 is 10.1 Å². The largest absolute Gasteiger partial charge is 0.489 e. The standard InChI is InChI=1S/C14H19NO4/c1-3-8-19-12-7-5-4-6-11(12)13(18)15-14(2,9-16)10-17/h3-7,16-17H,1,8-10H2,2H3,(H,15,18). The predicted octanol–water partition coefficient (Wildman–Crippen LogP) is 0.724. The van der Waals surface area contributed by atoms with Crippen molar-refractivity contribution in [3.63, 3.8) is 0 Å². The number of carbonyl (C=O) groups is 1. The summed E-state index contributed by atoms with van der Waals surface area (Å²) in [6.45, 7) is 4.68. The van der Waals surface area contributed by atoms with Crippen LogP contribution in [-0.2, 0) is 0 Å². The average Bonchev–Trinajstić information content (AvgIpc) is 2.45. The van der Waals surface area contributed by atoms with Gasteiger partial charge < -0.3 is 20.3 Å². The molecule has 5 heteroatoms. The smallest absolute Gasteiger partial charge is 0.255 e. The Morgan fingerprint density at radius 2 is 2.05 bits per heavy atom. The van der Waals surface area contributed by atoms with Gasteiger partial charge in [0.15, 0.2) is 0 Å². The highest BCUT2D eigenvalue weighted by Gasteiger charge is 2.26. The van der Waals surface area contributed by atoms with Crippen LogP contribution in [0.4, 0.5) is 0 Å². The topological polar surface area (TPSA) is 78.8 Å². The van der Waals surface area contributed by atoms with Gasteiger partial charge in [-0.1, -0.05) is 24.8 Å². The van der Waals surface area contributed by atoms with Crippen molar-refractivity contribution in [2.24, 2.45) is 0 Å². The minimum atomic E-state index is -1.07. The van der Waals surface area contributed by atoms with Crippen molar-refractivity contribution >= 4 is 5.91 Å². The molecular weight excluding hydrogens is 246 g/mol. The Balaban J connectivity index is 2.90. The first-order chi connectivity index (χ1) is 9.06. The lowest BCUT2D eigenvalue weighted by Crippen LogP contribution is -2.51. The third-order valence-electron chi connectivity index (χ3n) is 2.60. The summed E-state index contributed by atoms with van der Waals surface area (Å²) in [5.74, 6) is 0.0170. The number of carbonyl (C=O) groups excluding carboxylic acids is 1. The normalized spacial score (nSPS) is 10.9. The molecule has 1 aromatic rings. The van der Waals surface area contributed by atoms with E-state index in [1.165, 1.54) is 0 Å². The number of aliphatic hydroxyl groups is 2. The van der Waals surface area contributed by atoms with Crippen molar-refractivity contribution in [3.05, 3.63) is 42.5 Å². The molecule has 0 atom stereocenters. The van der Waals surface area contributed by atoms with Crippen LogP contribution in [0.25, 0.3) is 0 Å². The maximum Gasteiger partial charge on any atom is 0.255 e. The van der Waals surface area contributed by atoms with Crippen molar-refractivity contribution < 1.29 is 19.7 Å². The minimum absolute atomic E-state index is 0.293. The van der Waals surface area contributed by atoms with E-state index in [0.29, 0.717) is 17.9 Å². The Morgan fingerprint density at radius 1 is 1.42 bits per heavy atom. The van der Waals surface area contributed by atoms with E-state index in [1.807, 2.05) is 0 Å². The molecule has 0 aromatic heterocycles. The highest BCUT2D eigenvalue weighted by Crippen LogP contribution is 2.18. The van der Waals surface area contributed by atoms with Crippen LogP contribution in [0.2, 0.25) is 0 Å². The Kier molecular flexibility index (Phi) is 5.54. The number of amides is 1. The number of ether oxygens (including phenoxy) is 1. The van der Waals surface area contributed by atoms with Gasteiger partial charge in [0, 0.05) is 0 Å². The number of rotatable bonds is 7. The molecule has 0 fully saturated rings. The Labute approximate surface area is 112 Å². The summed E-state index contributed by atoms with van der Waals surface area (Å²) in [6.07, 6.45) is 1.58. The molecule has 0 saturated heterocycles. The molecule has 5 nitrogen and oxygen atoms in total. The second-order valence-corrected chi connectivity index (χ2v) is 4.43. The summed E-state index contributed by atoms with van der Waals surface area (Å²) in [6, 6.07) is 6.76. The Bertz CT molecular complexity index is 441. The van der Waals surface area contributed by atoms with Gasteiger partial charge in [-0.3, -0.25) is 4.79 Å². The number of hydrogen-bond acceptors (Lipinski definition) is 4. The zero-order valence-corrected chi connectivity index (χ0v) is 10.9. The summed E-state index contributed by atoms with van der Waals surface area (Å²) >= 11 is 0. The second kappa shape index (κ2) is 6.92. The minimum Gasteiger partial charge on any atom is -0.489 e. The van der Waals surface area contributed by atoms with Crippen LogP contribution >= 0.6 is 0 Å². The molecule has 1 amide bonds. The van der Waals surface area contributed by atoms with E-state index in [9.17, 15) is 15.0 Å². The molecule has 0 saturated carbocycles. The molecule has 19 heavy (non-hydrogen) atoms. The van der Waals surface area contributed by atoms with E-state index in [0.717, 1.165) is 0 Å². The molecule has 0 heterocycles. The van der Waals surface area contributed by atoms with Crippen molar-refractivity contribution in [3.8, 4) is 5.75 Å². The van der Waals surface area contributed by atoms with Crippen molar-refractivity contribution in [1.82, 2.24) is 5.32 Å². The Hall–Kier alpha value is -1.85. The number of aliphatic hydroxyl groups excluding tert-OH is 2. The van der Waals surface area contributed by atoms with Crippen LogP contribution in [0.3, 0.4) is 0 Å². The van der Waals surface area contributed by atoms with E-state index in [1.54, 1.807) is 37.3 Å². The number of hydrogen-bond donors (Lipinski definition) is 3. The summed E-state index contributed by atoms with van der Waals surface area (Å²) < 4.78 is 5.39. The lowest BCUT2D eigenvalue weighted by atomic mass is 10.0. The van der Waals surface area contributed by atoms with Crippen LogP contribution in [0.15, 0.2) is 36.9 Å². The van der Waals surface area contributed by atoms with Gasteiger partial charge in [-0.2, -0.15) is 0 Å². The quantitative estimate of drug-likeness (QED) is 0.635. The van der Waals surface area contributed by atoms with Gasteiger partial charge in [-0.15, -0.1) is 0 Å². The first kappa shape index (κ1) is 15.2. The average molecular weight is 265 g/mol. The molecule has 0 aliphatic rings. The summed E-state index contributed by atoms with van der Waals surface area (Å²) in [5.41, 5.74) is -0.722. The summed E-state index contributed by atoms with van der Waals surface area (Å²) in [5, 5.41) is 20.9. The summed E-state index contributed by atoms with van der Waals surface area (Å²) in [4.78, 5) is 12.1. The lowest BCUT2D eigenvalue weighted by Gasteiger charge is -2.26. The highest BCUT2D eigenvalue weighted by molar-refractivity contribution is 5.97. The van der Waals surface area contributed by atoms with E-state index in [2.05, 4.69) is 11.9 Å². The van der Waals surface area contributed by atoms with Gasteiger partial charge in [-0.05, 0) is 19.1 Å². The number of para-hydroxylation sites is 1. The van der Waals surface area contributed by atoms with Gasteiger partial charge >= 0.3 is 0 Å². The fourth-order valence-electron chi connectivity index (χ4n) is 1.40. The van der Waals surface area contributed by atoms with Gasteiger partial charge in [0.2, 0.25) is 0 Å². The third kappa shape index (κ3) is 4.08. The second-order valence-electron chi connectivity index (χ2n) is 4.43. The molecule has 0 bridgehead atoms. The Morgan fingerprint density at radius 3 is 2.63 bits per heavy atom. The monoisotopic (exact) mass is 265 g/mol.